The number of halogens is 3. The van der Waals surface area contributed by atoms with Crippen LogP contribution in [0.15, 0.2) is 70.7 Å². The number of nitrogens with one attached hydrogen (secondary N) is 1. The van der Waals surface area contributed by atoms with E-state index >= 15 is 0 Å². The fraction of sp³-hybridized carbons (Fsp3) is 0.115. The monoisotopic (exact) mass is 664 g/mol. The fourth-order valence-corrected chi connectivity index (χ4v) is 5.46. The summed E-state index contributed by atoms with van der Waals surface area (Å²) < 4.78 is 7.39. The molecule has 0 aliphatic carbocycles. The molecule has 1 saturated heterocycles. The minimum Gasteiger partial charge on any atom is -0.487 e. The molecule has 35 heavy (non-hydrogen) atoms. The van der Waals surface area contributed by atoms with Gasteiger partial charge in [-0.2, -0.15) is 0 Å². The third-order valence-electron chi connectivity index (χ3n) is 5.37. The van der Waals surface area contributed by atoms with Crippen LogP contribution >= 0.6 is 50.1 Å². The Labute approximate surface area is 229 Å². The smallest absolute Gasteiger partial charge is 0.335 e. The van der Waals surface area contributed by atoms with E-state index in [1.165, 1.54) is 6.08 Å². The van der Waals surface area contributed by atoms with Crippen molar-refractivity contribution >= 4 is 79.7 Å². The number of hydrogen-bond acceptors (Lipinski definition) is 4. The van der Waals surface area contributed by atoms with Gasteiger partial charge in [0.25, 0.3) is 11.8 Å². The summed E-state index contributed by atoms with van der Waals surface area (Å²) in [5.74, 6) is -0.820. The van der Waals surface area contributed by atoms with Crippen LogP contribution in [-0.4, -0.2) is 17.8 Å². The normalized spacial score (nSPS) is 14.9. The summed E-state index contributed by atoms with van der Waals surface area (Å²) in [4.78, 5) is 39.1. The van der Waals surface area contributed by atoms with Crippen molar-refractivity contribution in [2.75, 3.05) is 4.90 Å². The van der Waals surface area contributed by atoms with Crippen molar-refractivity contribution in [1.82, 2.24) is 5.32 Å². The molecule has 0 spiro atoms. The Morgan fingerprint density at radius 3 is 2.46 bits per heavy atom. The second kappa shape index (κ2) is 10.9. The molecule has 178 valence electrons. The molecule has 1 N–H and O–H groups in total. The molecule has 1 aliphatic heterocycles. The molecular weight excluding hydrogens is 647 g/mol. The Balaban J connectivity index is 1.60. The predicted molar refractivity (Wildman–Crippen MR) is 147 cm³/mol. The first-order chi connectivity index (χ1) is 16.8. The number of carbonyl (C=O) groups excluding carboxylic acids is 3. The van der Waals surface area contributed by atoms with E-state index in [4.69, 9.17) is 16.3 Å². The second-order valence-electron chi connectivity index (χ2n) is 7.67. The Morgan fingerprint density at radius 2 is 1.80 bits per heavy atom. The van der Waals surface area contributed by atoms with E-state index in [1.54, 1.807) is 30.3 Å². The van der Waals surface area contributed by atoms with Crippen LogP contribution in [0.25, 0.3) is 6.08 Å². The molecule has 0 radical (unpaired) electrons. The number of carbonyl (C=O) groups is 3. The number of amides is 4. The lowest BCUT2D eigenvalue weighted by Gasteiger charge is -2.26. The van der Waals surface area contributed by atoms with Gasteiger partial charge in [0.1, 0.15) is 17.9 Å². The molecule has 1 aliphatic rings. The predicted octanol–water partition coefficient (Wildman–Crippen LogP) is 6.51. The standard InChI is InChI=1S/C26H19BrClIN2O4/c1-2-15-7-9-18(10-8-15)31-25(33)19(24(32)30-26(31)34)11-16-12-20(27)23(22(29)13-16)35-14-17-5-3-4-6-21(17)28/h3-13H,2,14H2,1H3,(H,30,32,34)/b19-11-. The highest BCUT2D eigenvalue weighted by Crippen LogP contribution is 2.34. The largest absolute Gasteiger partial charge is 0.487 e. The van der Waals surface area contributed by atoms with Gasteiger partial charge in [-0.15, -0.1) is 0 Å². The minimum absolute atomic E-state index is 0.142. The number of urea groups is 1. The highest BCUT2D eigenvalue weighted by Gasteiger charge is 2.36. The molecule has 1 fully saturated rings. The van der Waals surface area contributed by atoms with E-state index < -0.39 is 17.8 Å². The van der Waals surface area contributed by atoms with Gasteiger partial charge in [0.15, 0.2) is 0 Å². The van der Waals surface area contributed by atoms with Crippen LogP contribution in [0.3, 0.4) is 0 Å². The Kier molecular flexibility index (Phi) is 7.93. The number of benzene rings is 3. The van der Waals surface area contributed by atoms with Crippen molar-refractivity contribution in [1.29, 1.82) is 0 Å². The molecule has 0 atom stereocenters. The number of barbiturate groups is 1. The van der Waals surface area contributed by atoms with Crippen LogP contribution in [-0.2, 0) is 22.6 Å². The van der Waals surface area contributed by atoms with E-state index in [9.17, 15) is 14.4 Å². The lowest BCUT2D eigenvalue weighted by molar-refractivity contribution is -0.122. The maximum Gasteiger partial charge on any atom is 0.335 e. The zero-order valence-corrected chi connectivity index (χ0v) is 23.0. The zero-order valence-electron chi connectivity index (χ0n) is 18.5. The van der Waals surface area contributed by atoms with Gasteiger partial charge in [-0.3, -0.25) is 14.9 Å². The van der Waals surface area contributed by atoms with Crippen LogP contribution in [0.4, 0.5) is 10.5 Å². The van der Waals surface area contributed by atoms with Crippen molar-refractivity contribution in [3.63, 3.8) is 0 Å². The number of aryl methyl sites for hydroxylation is 1. The number of rotatable bonds is 6. The van der Waals surface area contributed by atoms with Crippen molar-refractivity contribution < 1.29 is 19.1 Å². The first-order valence-electron chi connectivity index (χ1n) is 10.6. The van der Waals surface area contributed by atoms with Crippen LogP contribution in [0.1, 0.15) is 23.6 Å². The zero-order chi connectivity index (χ0) is 25.1. The highest BCUT2D eigenvalue weighted by atomic mass is 127. The number of imide groups is 2. The summed E-state index contributed by atoms with van der Waals surface area (Å²) in [6.45, 7) is 2.30. The Morgan fingerprint density at radius 1 is 1.09 bits per heavy atom. The number of hydrogen-bond donors (Lipinski definition) is 1. The Bertz CT molecular complexity index is 1330. The lowest BCUT2D eigenvalue weighted by atomic mass is 10.1. The minimum atomic E-state index is -0.777. The summed E-state index contributed by atoms with van der Waals surface area (Å²) in [5.41, 5.74) is 2.77. The number of nitrogens with zero attached hydrogens (tertiary/aromatic N) is 1. The molecule has 4 amide bonds. The van der Waals surface area contributed by atoms with E-state index in [2.05, 4.69) is 43.8 Å². The van der Waals surface area contributed by atoms with Crippen molar-refractivity contribution in [3.05, 3.63) is 96.0 Å². The number of anilines is 1. The summed E-state index contributed by atoms with van der Waals surface area (Å²) in [6.07, 6.45) is 2.29. The maximum atomic E-state index is 13.2. The van der Waals surface area contributed by atoms with Gasteiger partial charge in [-0.05, 0) is 92.5 Å². The average Bonchev–Trinajstić information content (AvgIpc) is 2.82. The summed E-state index contributed by atoms with van der Waals surface area (Å²) in [5, 5.41) is 2.87. The molecule has 0 bridgehead atoms. The molecule has 6 nitrogen and oxygen atoms in total. The molecule has 0 saturated carbocycles. The van der Waals surface area contributed by atoms with Gasteiger partial charge in [0.2, 0.25) is 0 Å². The summed E-state index contributed by atoms with van der Waals surface area (Å²) in [6, 6.07) is 17.2. The Hall–Kier alpha value is -2.69. The molecule has 0 unspecified atom stereocenters. The van der Waals surface area contributed by atoms with Gasteiger partial charge in [-0.1, -0.05) is 48.9 Å². The summed E-state index contributed by atoms with van der Waals surface area (Å²) >= 11 is 11.9. The molecule has 0 aromatic heterocycles. The van der Waals surface area contributed by atoms with Gasteiger partial charge < -0.3 is 4.74 Å². The van der Waals surface area contributed by atoms with Gasteiger partial charge in [0.05, 0.1) is 13.7 Å². The van der Waals surface area contributed by atoms with Gasteiger partial charge >= 0.3 is 6.03 Å². The molecule has 3 aromatic carbocycles. The van der Waals surface area contributed by atoms with Crippen molar-refractivity contribution in [3.8, 4) is 5.75 Å². The molecule has 1 heterocycles. The fourth-order valence-electron chi connectivity index (χ4n) is 3.51. The third-order valence-corrected chi connectivity index (χ3v) is 7.12. The second-order valence-corrected chi connectivity index (χ2v) is 10.1. The highest BCUT2D eigenvalue weighted by molar-refractivity contribution is 14.1. The third kappa shape index (κ3) is 5.60. The van der Waals surface area contributed by atoms with E-state index in [1.807, 2.05) is 37.3 Å². The van der Waals surface area contributed by atoms with Crippen LogP contribution in [0.2, 0.25) is 5.02 Å². The summed E-state index contributed by atoms with van der Waals surface area (Å²) in [7, 11) is 0. The topological polar surface area (TPSA) is 75.7 Å². The first kappa shape index (κ1) is 25.4. The maximum absolute atomic E-state index is 13.2. The van der Waals surface area contributed by atoms with Crippen molar-refractivity contribution in [2.45, 2.75) is 20.0 Å². The lowest BCUT2D eigenvalue weighted by Crippen LogP contribution is -2.54. The van der Waals surface area contributed by atoms with Gasteiger partial charge in [0, 0.05) is 10.6 Å². The van der Waals surface area contributed by atoms with E-state index in [0.717, 1.165) is 26.0 Å². The van der Waals surface area contributed by atoms with E-state index in [-0.39, 0.29) is 12.2 Å². The van der Waals surface area contributed by atoms with E-state index in [0.29, 0.717) is 26.5 Å². The quantitative estimate of drug-likeness (QED) is 0.185. The first-order valence-corrected chi connectivity index (χ1v) is 12.9. The molecule has 3 aromatic rings. The molecule has 4 rings (SSSR count). The van der Waals surface area contributed by atoms with Crippen LogP contribution < -0.4 is 15.0 Å². The molecular formula is C26H19BrClIN2O4. The average molecular weight is 666 g/mol. The van der Waals surface area contributed by atoms with Gasteiger partial charge in [-0.25, -0.2) is 9.69 Å². The molecule has 9 heteroatoms. The number of ether oxygens (including phenoxy) is 1. The SMILES string of the molecule is CCc1ccc(N2C(=O)NC(=O)/C(=C/c3cc(Br)c(OCc4ccccc4Cl)c(I)c3)C2=O)cc1. The van der Waals surface area contributed by atoms with Crippen LogP contribution in [0, 0.1) is 3.57 Å². The van der Waals surface area contributed by atoms with Crippen molar-refractivity contribution in [2.24, 2.45) is 0 Å². The van der Waals surface area contributed by atoms with Crippen LogP contribution in [0.5, 0.6) is 5.75 Å².